The van der Waals surface area contributed by atoms with Gasteiger partial charge in [0, 0.05) is 7.11 Å². The topological polar surface area (TPSA) is 29.5 Å². The minimum atomic E-state index is -0.0289. The largest absolute Gasteiger partial charge is 0.510 e. The van der Waals surface area contributed by atoms with E-state index in [-0.39, 0.29) is 6.10 Å². The molecule has 1 rings (SSSR count). The van der Waals surface area contributed by atoms with E-state index in [0.29, 0.717) is 5.76 Å². The van der Waals surface area contributed by atoms with Crippen molar-refractivity contribution in [1.29, 1.82) is 0 Å². The molecule has 0 saturated heterocycles. The van der Waals surface area contributed by atoms with Gasteiger partial charge in [0.1, 0.15) is 11.9 Å². The van der Waals surface area contributed by atoms with Gasteiger partial charge in [-0.2, -0.15) is 0 Å². The molecule has 2 nitrogen and oxygen atoms in total. The Hall–Kier alpha value is -0.500. The highest BCUT2D eigenvalue weighted by Gasteiger charge is 2.14. The van der Waals surface area contributed by atoms with Crippen molar-refractivity contribution in [1.82, 2.24) is 0 Å². The fourth-order valence-corrected chi connectivity index (χ4v) is 1.07. The van der Waals surface area contributed by atoms with Crippen molar-refractivity contribution in [3.05, 3.63) is 11.8 Å². The van der Waals surface area contributed by atoms with E-state index in [1.807, 2.05) is 6.08 Å². The molecule has 0 spiro atoms. The minimum absolute atomic E-state index is 0.0289. The Balaban J connectivity index is 2.50. The summed E-state index contributed by atoms with van der Waals surface area (Å²) in [5, 5.41) is 9.11. The lowest BCUT2D eigenvalue weighted by Gasteiger charge is -2.17. The van der Waals surface area contributed by atoms with Crippen LogP contribution in [0.5, 0.6) is 0 Å². The Kier molecular flexibility index (Phi) is 2.11. The Morgan fingerprint density at radius 2 is 2.56 bits per heavy atom. The van der Waals surface area contributed by atoms with E-state index < -0.39 is 0 Å². The van der Waals surface area contributed by atoms with E-state index in [9.17, 15) is 0 Å². The maximum Gasteiger partial charge on any atom is 0.117 e. The van der Waals surface area contributed by atoms with Gasteiger partial charge in [-0.25, -0.2) is 0 Å². The zero-order chi connectivity index (χ0) is 6.69. The van der Waals surface area contributed by atoms with Crippen LogP contribution in [-0.4, -0.2) is 18.3 Å². The van der Waals surface area contributed by atoms with Crippen molar-refractivity contribution in [3.63, 3.8) is 0 Å². The third-order valence-electron chi connectivity index (χ3n) is 1.64. The van der Waals surface area contributed by atoms with E-state index in [2.05, 4.69) is 0 Å². The molecule has 0 bridgehead atoms. The first-order valence-electron chi connectivity index (χ1n) is 3.26. The van der Waals surface area contributed by atoms with Gasteiger partial charge in [0.25, 0.3) is 0 Å². The summed E-state index contributed by atoms with van der Waals surface area (Å²) in [6.45, 7) is 0. The Morgan fingerprint density at radius 1 is 1.78 bits per heavy atom. The summed E-state index contributed by atoms with van der Waals surface area (Å²) in [6, 6.07) is 0. The van der Waals surface area contributed by atoms with Gasteiger partial charge in [0.2, 0.25) is 0 Å². The number of hydrogen-bond acceptors (Lipinski definition) is 2. The summed E-state index contributed by atoms with van der Waals surface area (Å²) < 4.78 is 4.99. The molecular formula is C7H12O2. The lowest BCUT2D eigenvalue weighted by Crippen LogP contribution is -2.16. The summed E-state index contributed by atoms with van der Waals surface area (Å²) in [5.41, 5.74) is 0. The first-order valence-corrected chi connectivity index (χ1v) is 3.26. The Morgan fingerprint density at radius 3 is 3.00 bits per heavy atom. The molecule has 0 unspecified atom stereocenters. The molecule has 0 fully saturated rings. The highest BCUT2D eigenvalue weighted by Crippen LogP contribution is 2.17. The number of hydrogen-bond donors (Lipinski definition) is 1. The Bertz CT molecular complexity index is 118. The maximum atomic E-state index is 9.11. The van der Waals surface area contributed by atoms with Gasteiger partial charge in [-0.15, -0.1) is 0 Å². The lowest BCUT2D eigenvalue weighted by atomic mass is 10.0. The molecule has 0 saturated carbocycles. The molecule has 0 aromatic rings. The van der Waals surface area contributed by atoms with Crippen molar-refractivity contribution in [2.45, 2.75) is 25.4 Å². The molecule has 1 aliphatic rings. The lowest BCUT2D eigenvalue weighted by molar-refractivity contribution is 0.0795. The average molecular weight is 128 g/mol. The molecular weight excluding hydrogens is 116 g/mol. The van der Waals surface area contributed by atoms with E-state index >= 15 is 0 Å². The van der Waals surface area contributed by atoms with Crippen LogP contribution in [0.2, 0.25) is 0 Å². The van der Waals surface area contributed by atoms with Gasteiger partial charge >= 0.3 is 0 Å². The quantitative estimate of drug-likeness (QED) is 0.581. The Labute approximate surface area is 55.1 Å². The van der Waals surface area contributed by atoms with Crippen molar-refractivity contribution in [2.75, 3.05) is 7.11 Å². The van der Waals surface area contributed by atoms with Crippen LogP contribution in [0.3, 0.4) is 0 Å². The number of ether oxygens (including phenoxy) is 1. The van der Waals surface area contributed by atoms with Crippen LogP contribution in [0.25, 0.3) is 0 Å². The summed E-state index contributed by atoms with van der Waals surface area (Å²) in [4.78, 5) is 0. The van der Waals surface area contributed by atoms with Gasteiger partial charge in [0.05, 0.1) is 0 Å². The van der Waals surface area contributed by atoms with Gasteiger partial charge in [-0.3, -0.25) is 0 Å². The zero-order valence-corrected chi connectivity index (χ0v) is 5.63. The SMILES string of the molecule is CO[C@H]1CCCC=C1O. The molecule has 0 heterocycles. The van der Waals surface area contributed by atoms with Crippen molar-refractivity contribution >= 4 is 0 Å². The van der Waals surface area contributed by atoms with Gasteiger partial charge in [-0.1, -0.05) is 0 Å². The third kappa shape index (κ3) is 1.45. The molecule has 1 aliphatic carbocycles. The summed E-state index contributed by atoms with van der Waals surface area (Å²) in [5.74, 6) is 0.406. The second-order valence-electron chi connectivity index (χ2n) is 2.28. The maximum absolute atomic E-state index is 9.11. The van der Waals surface area contributed by atoms with Crippen LogP contribution < -0.4 is 0 Å². The highest BCUT2D eigenvalue weighted by atomic mass is 16.5. The predicted octanol–water partition coefficient (Wildman–Crippen LogP) is 1.63. The second kappa shape index (κ2) is 2.87. The predicted molar refractivity (Wildman–Crippen MR) is 35.4 cm³/mol. The van der Waals surface area contributed by atoms with Crippen LogP contribution in [0.4, 0.5) is 0 Å². The fourth-order valence-electron chi connectivity index (χ4n) is 1.07. The highest BCUT2D eigenvalue weighted by molar-refractivity contribution is 5.01. The molecule has 0 aromatic carbocycles. The van der Waals surface area contributed by atoms with Crippen molar-refractivity contribution in [2.24, 2.45) is 0 Å². The van der Waals surface area contributed by atoms with Crippen molar-refractivity contribution < 1.29 is 9.84 Å². The molecule has 1 N–H and O–H groups in total. The van der Waals surface area contributed by atoms with E-state index in [1.54, 1.807) is 7.11 Å². The molecule has 2 heteroatoms. The first-order chi connectivity index (χ1) is 4.34. The summed E-state index contributed by atoms with van der Waals surface area (Å²) in [7, 11) is 1.63. The van der Waals surface area contributed by atoms with E-state index in [1.165, 1.54) is 0 Å². The van der Waals surface area contributed by atoms with Crippen LogP contribution >= 0.6 is 0 Å². The van der Waals surface area contributed by atoms with Crippen LogP contribution in [-0.2, 0) is 4.74 Å². The molecule has 1 atom stereocenters. The van der Waals surface area contributed by atoms with Gasteiger partial charge in [-0.05, 0) is 25.3 Å². The molecule has 0 radical (unpaired) electrons. The van der Waals surface area contributed by atoms with E-state index in [4.69, 9.17) is 9.84 Å². The standard InChI is InChI=1S/C7H12O2/c1-9-7-5-3-2-4-6(7)8/h4,7-8H,2-3,5H2,1H3/t7-/m0/s1. The third-order valence-corrected chi connectivity index (χ3v) is 1.64. The smallest absolute Gasteiger partial charge is 0.117 e. The zero-order valence-electron chi connectivity index (χ0n) is 5.63. The second-order valence-corrected chi connectivity index (χ2v) is 2.28. The summed E-state index contributed by atoms with van der Waals surface area (Å²) >= 11 is 0. The average Bonchev–Trinajstić information content (AvgIpc) is 1.89. The van der Waals surface area contributed by atoms with Gasteiger partial charge < -0.3 is 9.84 Å². The molecule has 9 heavy (non-hydrogen) atoms. The number of aliphatic hydroxyl groups is 1. The number of allylic oxidation sites excluding steroid dienone is 1. The molecule has 0 aliphatic heterocycles. The van der Waals surface area contributed by atoms with E-state index in [0.717, 1.165) is 19.3 Å². The first kappa shape index (κ1) is 6.62. The van der Waals surface area contributed by atoms with Crippen LogP contribution in [0.15, 0.2) is 11.8 Å². The molecule has 0 aromatic heterocycles. The normalized spacial score (nSPS) is 27.7. The molecule has 0 amide bonds. The van der Waals surface area contributed by atoms with Crippen molar-refractivity contribution in [3.8, 4) is 0 Å². The number of aliphatic hydroxyl groups excluding tert-OH is 1. The van der Waals surface area contributed by atoms with Crippen LogP contribution in [0.1, 0.15) is 19.3 Å². The fraction of sp³-hybridized carbons (Fsp3) is 0.714. The summed E-state index contributed by atoms with van der Waals surface area (Å²) in [6.07, 6.45) is 4.88. The molecule has 52 valence electrons. The number of rotatable bonds is 1. The monoisotopic (exact) mass is 128 g/mol. The van der Waals surface area contributed by atoms with Crippen LogP contribution in [0, 0.1) is 0 Å². The minimum Gasteiger partial charge on any atom is -0.510 e. The number of methoxy groups -OCH3 is 1. The van der Waals surface area contributed by atoms with Gasteiger partial charge in [0.15, 0.2) is 0 Å².